The van der Waals surface area contributed by atoms with Crippen molar-refractivity contribution in [3.05, 3.63) is 36.8 Å². The van der Waals surface area contributed by atoms with Gasteiger partial charge < -0.3 is 9.72 Å². The quantitative estimate of drug-likeness (QED) is 0.589. The second kappa shape index (κ2) is 5.38. The second-order valence-electron chi connectivity index (χ2n) is 6.71. The van der Waals surface area contributed by atoms with E-state index in [2.05, 4.69) is 21.1 Å². The van der Waals surface area contributed by atoms with E-state index in [-0.39, 0.29) is 0 Å². The van der Waals surface area contributed by atoms with Gasteiger partial charge in [0.15, 0.2) is 0 Å². The van der Waals surface area contributed by atoms with E-state index in [9.17, 15) is 0 Å². The summed E-state index contributed by atoms with van der Waals surface area (Å²) in [6, 6.07) is 6.05. The van der Waals surface area contributed by atoms with Crippen LogP contribution >= 0.6 is 0 Å². The highest BCUT2D eigenvalue weighted by Crippen LogP contribution is 2.31. The van der Waals surface area contributed by atoms with Crippen LogP contribution in [0.1, 0.15) is 19.3 Å². The van der Waals surface area contributed by atoms with Crippen molar-refractivity contribution in [1.82, 2.24) is 19.7 Å². The third-order valence-corrected chi connectivity index (χ3v) is 4.99. The Balaban J connectivity index is 1.68. The smallest absolute Gasteiger partial charge is 0.119 e. The highest BCUT2D eigenvalue weighted by atomic mass is 16.5. The van der Waals surface area contributed by atoms with Crippen molar-refractivity contribution in [3.63, 3.8) is 0 Å². The first-order valence-electron chi connectivity index (χ1n) is 8.54. The summed E-state index contributed by atoms with van der Waals surface area (Å²) in [5, 5.41) is 6.28. The van der Waals surface area contributed by atoms with Crippen LogP contribution in [0.3, 0.4) is 0 Å². The van der Waals surface area contributed by atoms with Crippen LogP contribution in [0.25, 0.3) is 33.1 Å². The number of benzene rings is 1. The summed E-state index contributed by atoms with van der Waals surface area (Å²) in [7, 11) is 8.37. The summed E-state index contributed by atoms with van der Waals surface area (Å²) < 4.78 is 7.83. The molecule has 1 N–H and O–H groups in total. The molecule has 5 nitrogen and oxygen atoms in total. The van der Waals surface area contributed by atoms with E-state index in [4.69, 9.17) is 12.6 Å². The molecule has 122 valence electrons. The molecule has 1 fully saturated rings. The van der Waals surface area contributed by atoms with Crippen LogP contribution in [0.15, 0.2) is 36.8 Å². The number of hydrogen-bond donors (Lipinski definition) is 1. The molecule has 0 unspecified atom stereocenters. The number of fused-ring (bicyclic) bond motifs is 3. The normalized spacial score (nSPS) is 14.9. The molecule has 0 saturated heterocycles. The number of aromatic nitrogens is 4. The van der Waals surface area contributed by atoms with E-state index in [1.165, 1.54) is 6.42 Å². The Hall–Kier alpha value is -2.76. The van der Waals surface area contributed by atoms with E-state index in [1.807, 2.05) is 37.8 Å². The summed E-state index contributed by atoms with van der Waals surface area (Å²) in [6.45, 7) is 0. The maximum absolute atomic E-state index is 6.47. The van der Waals surface area contributed by atoms with Gasteiger partial charge in [-0.2, -0.15) is 5.10 Å². The van der Waals surface area contributed by atoms with Crippen molar-refractivity contribution < 1.29 is 4.74 Å². The number of pyridine rings is 1. The Morgan fingerprint density at radius 2 is 2.12 bits per heavy atom. The average Bonchev–Trinajstić information content (AvgIpc) is 3.15. The lowest BCUT2D eigenvalue weighted by Crippen LogP contribution is -2.27. The van der Waals surface area contributed by atoms with Crippen LogP contribution in [0.4, 0.5) is 0 Å². The molecule has 0 amide bonds. The Bertz CT molecular complexity index is 1090. The molecule has 0 spiro atoms. The number of hydrogen-bond acceptors (Lipinski definition) is 3. The topological polar surface area (TPSA) is 55.7 Å². The van der Waals surface area contributed by atoms with E-state index < -0.39 is 0 Å². The molecule has 25 heavy (non-hydrogen) atoms. The third-order valence-electron chi connectivity index (χ3n) is 4.99. The average molecular weight is 328 g/mol. The van der Waals surface area contributed by atoms with Crippen LogP contribution in [0.5, 0.6) is 5.75 Å². The number of aromatic amines is 1. The van der Waals surface area contributed by atoms with Crippen LogP contribution in [0, 0.1) is 0 Å². The molecule has 1 aliphatic rings. The Kier molecular flexibility index (Phi) is 3.13. The number of nitrogens with one attached hydrogen (secondary N) is 1. The number of aryl methyl sites for hydroxylation is 1. The van der Waals surface area contributed by atoms with Crippen LogP contribution in [-0.2, 0) is 7.05 Å². The van der Waals surface area contributed by atoms with E-state index in [1.54, 1.807) is 4.68 Å². The Labute approximate surface area is 146 Å². The maximum atomic E-state index is 6.47. The first-order chi connectivity index (χ1) is 12.2. The molecular formula is C19H17BN4O. The fourth-order valence-corrected chi connectivity index (χ4v) is 3.38. The lowest BCUT2D eigenvalue weighted by atomic mass is 9.89. The lowest BCUT2D eigenvalue weighted by Gasteiger charge is -2.27. The number of H-pyrrole nitrogens is 1. The van der Waals surface area contributed by atoms with Crippen molar-refractivity contribution in [2.75, 3.05) is 0 Å². The SMILES string of the molecule is [B]c1c(OC2CCC2)ccc2[nH]c3cnc(-c4cnn(C)c4)cc3c12. The van der Waals surface area contributed by atoms with Gasteiger partial charge in [-0.15, -0.1) is 0 Å². The predicted octanol–water partition coefficient (Wildman–Crippen LogP) is 2.84. The summed E-state index contributed by atoms with van der Waals surface area (Å²) in [4.78, 5) is 7.94. The van der Waals surface area contributed by atoms with Crippen LogP contribution in [0.2, 0.25) is 0 Å². The Morgan fingerprint density at radius 3 is 2.84 bits per heavy atom. The standard InChI is InChI=1S/C19H17BN4O/c1-24-10-11(8-22-24)15-7-13-16(9-21-15)23-14-5-6-17(19(20)18(13)14)25-12-3-2-4-12/h5-10,12,23H,2-4H2,1H3. The van der Waals surface area contributed by atoms with Crippen molar-refractivity contribution in [2.24, 2.45) is 7.05 Å². The highest BCUT2D eigenvalue weighted by molar-refractivity contribution is 6.43. The summed E-state index contributed by atoms with van der Waals surface area (Å²) in [5.41, 5.74) is 4.53. The summed E-state index contributed by atoms with van der Waals surface area (Å²) in [5.74, 6) is 0.776. The number of nitrogens with zero attached hydrogens (tertiary/aromatic N) is 3. The molecule has 5 rings (SSSR count). The van der Waals surface area contributed by atoms with Gasteiger partial charge in [-0.25, -0.2) is 0 Å². The summed E-state index contributed by atoms with van der Waals surface area (Å²) >= 11 is 0. The van der Waals surface area contributed by atoms with Gasteiger partial charge in [0.1, 0.15) is 13.6 Å². The Morgan fingerprint density at radius 1 is 1.24 bits per heavy atom. The molecule has 1 aromatic carbocycles. The van der Waals surface area contributed by atoms with Crippen LogP contribution in [-0.4, -0.2) is 33.7 Å². The predicted molar refractivity (Wildman–Crippen MR) is 99.5 cm³/mol. The fraction of sp³-hybridized carbons (Fsp3) is 0.263. The largest absolute Gasteiger partial charge is 0.491 e. The van der Waals surface area contributed by atoms with Crippen molar-refractivity contribution in [1.29, 1.82) is 0 Å². The minimum atomic E-state index is 0.303. The summed E-state index contributed by atoms with van der Waals surface area (Å²) in [6.07, 6.45) is 9.39. The molecule has 0 atom stereocenters. The number of ether oxygens (including phenoxy) is 1. The van der Waals surface area contributed by atoms with Gasteiger partial charge in [-0.05, 0) is 42.9 Å². The van der Waals surface area contributed by atoms with Gasteiger partial charge >= 0.3 is 0 Å². The minimum absolute atomic E-state index is 0.303. The first kappa shape index (κ1) is 14.6. The van der Waals surface area contributed by atoms with Crippen LogP contribution < -0.4 is 10.2 Å². The molecular weight excluding hydrogens is 311 g/mol. The molecule has 1 saturated carbocycles. The first-order valence-corrected chi connectivity index (χ1v) is 8.54. The van der Waals surface area contributed by atoms with Gasteiger partial charge in [-0.1, -0.05) is 0 Å². The van der Waals surface area contributed by atoms with Crippen molar-refractivity contribution in [2.45, 2.75) is 25.4 Å². The lowest BCUT2D eigenvalue weighted by molar-refractivity contribution is 0.122. The molecule has 6 heteroatoms. The number of rotatable bonds is 3. The third kappa shape index (κ3) is 2.32. The zero-order valence-electron chi connectivity index (χ0n) is 14.0. The van der Waals surface area contributed by atoms with Crippen molar-refractivity contribution in [3.8, 4) is 17.0 Å². The van der Waals surface area contributed by atoms with E-state index in [0.717, 1.165) is 51.7 Å². The molecule has 2 radical (unpaired) electrons. The van der Waals surface area contributed by atoms with Gasteiger partial charge in [0.05, 0.1) is 29.7 Å². The fourth-order valence-electron chi connectivity index (χ4n) is 3.38. The molecule has 1 aliphatic carbocycles. The maximum Gasteiger partial charge on any atom is 0.119 e. The van der Waals surface area contributed by atoms with E-state index >= 15 is 0 Å². The highest BCUT2D eigenvalue weighted by Gasteiger charge is 2.21. The molecule has 4 aromatic rings. The molecule has 3 heterocycles. The molecule has 0 aliphatic heterocycles. The molecule has 3 aromatic heterocycles. The van der Waals surface area contributed by atoms with Gasteiger partial charge in [0, 0.05) is 35.1 Å². The monoisotopic (exact) mass is 328 g/mol. The second-order valence-corrected chi connectivity index (χ2v) is 6.71. The van der Waals surface area contributed by atoms with Crippen molar-refractivity contribution >= 4 is 35.1 Å². The van der Waals surface area contributed by atoms with Gasteiger partial charge in [-0.3, -0.25) is 9.67 Å². The molecule has 0 bridgehead atoms. The van der Waals surface area contributed by atoms with Gasteiger partial charge in [0.25, 0.3) is 0 Å². The minimum Gasteiger partial charge on any atom is -0.491 e. The zero-order chi connectivity index (χ0) is 17.0. The van der Waals surface area contributed by atoms with E-state index in [0.29, 0.717) is 11.6 Å². The van der Waals surface area contributed by atoms with Gasteiger partial charge in [0.2, 0.25) is 0 Å². The zero-order valence-corrected chi connectivity index (χ0v) is 14.0.